The van der Waals surface area contributed by atoms with Gasteiger partial charge in [0.25, 0.3) is 0 Å². The standard InChI is InChI=1S/C21H16N2O4/c1-14-22-20(23-27-14)13-25-19-9-5-4-8-18(19)21(24)26-17-11-10-15-6-2-3-7-16(15)12-17/h2-12H,13H2,1H3. The molecule has 4 aromatic rings. The molecule has 1 aromatic heterocycles. The Bertz CT molecular complexity index is 1100. The van der Waals surface area contributed by atoms with E-state index >= 15 is 0 Å². The second-order valence-corrected chi connectivity index (χ2v) is 5.91. The van der Waals surface area contributed by atoms with Crippen LogP contribution < -0.4 is 9.47 Å². The zero-order valence-electron chi connectivity index (χ0n) is 14.6. The fraction of sp³-hybridized carbons (Fsp3) is 0.0952. The number of carbonyl (C=O) groups excluding carboxylic acids is 1. The van der Waals surface area contributed by atoms with E-state index in [1.807, 2.05) is 36.4 Å². The van der Waals surface area contributed by atoms with Crippen LogP contribution >= 0.6 is 0 Å². The number of hydrogen-bond acceptors (Lipinski definition) is 6. The highest BCUT2D eigenvalue weighted by Crippen LogP contribution is 2.24. The molecule has 3 aromatic carbocycles. The van der Waals surface area contributed by atoms with Crippen LogP contribution in [0.1, 0.15) is 22.1 Å². The highest BCUT2D eigenvalue weighted by atomic mass is 16.5. The van der Waals surface area contributed by atoms with E-state index in [-0.39, 0.29) is 6.61 Å². The van der Waals surface area contributed by atoms with E-state index in [0.29, 0.717) is 28.8 Å². The quantitative estimate of drug-likeness (QED) is 0.389. The third-order valence-electron chi connectivity index (χ3n) is 3.96. The maximum Gasteiger partial charge on any atom is 0.347 e. The number of para-hydroxylation sites is 1. The number of hydrogen-bond donors (Lipinski definition) is 0. The molecule has 0 saturated carbocycles. The van der Waals surface area contributed by atoms with Crippen LogP contribution in [0, 0.1) is 6.92 Å². The Balaban J connectivity index is 1.52. The minimum Gasteiger partial charge on any atom is -0.485 e. The molecule has 0 N–H and O–H groups in total. The van der Waals surface area contributed by atoms with E-state index in [1.54, 1.807) is 37.3 Å². The number of ether oxygens (including phenoxy) is 2. The summed E-state index contributed by atoms with van der Waals surface area (Å²) in [7, 11) is 0. The zero-order chi connectivity index (χ0) is 18.6. The minimum absolute atomic E-state index is 0.0948. The van der Waals surface area contributed by atoms with Gasteiger partial charge in [-0.1, -0.05) is 47.6 Å². The van der Waals surface area contributed by atoms with Crippen LogP contribution in [-0.2, 0) is 6.61 Å². The average molecular weight is 360 g/mol. The summed E-state index contributed by atoms with van der Waals surface area (Å²) < 4.78 is 16.1. The van der Waals surface area contributed by atoms with Gasteiger partial charge < -0.3 is 14.0 Å². The van der Waals surface area contributed by atoms with E-state index in [1.165, 1.54) is 0 Å². The first kappa shape index (κ1) is 16.8. The minimum atomic E-state index is -0.495. The predicted molar refractivity (Wildman–Crippen MR) is 98.7 cm³/mol. The summed E-state index contributed by atoms with van der Waals surface area (Å²) in [4.78, 5) is 16.7. The van der Waals surface area contributed by atoms with E-state index in [4.69, 9.17) is 14.0 Å². The normalized spacial score (nSPS) is 10.7. The van der Waals surface area contributed by atoms with Crippen LogP contribution in [0.2, 0.25) is 0 Å². The first-order chi connectivity index (χ1) is 13.2. The molecule has 4 rings (SSSR count). The summed E-state index contributed by atoms with van der Waals surface area (Å²) in [5, 5.41) is 5.85. The van der Waals surface area contributed by atoms with Gasteiger partial charge in [-0.2, -0.15) is 4.98 Å². The first-order valence-corrected chi connectivity index (χ1v) is 8.41. The molecular formula is C21H16N2O4. The Hall–Kier alpha value is -3.67. The molecule has 0 spiro atoms. The lowest BCUT2D eigenvalue weighted by molar-refractivity contribution is 0.0729. The largest absolute Gasteiger partial charge is 0.485 e. The molecule has 134 valence electrons. The van der Waals surface area contributed by atoms with Crippen molar-refractivity contribution < 1.29 is 18.8 Å². The molecule has 0 aliphatic heterocycles. The van der Waals surface area contributed by atoms with Crippen molar-refractivity contribution in [3.05, 3.63) is 84.0 Å². The van der Waals surface area contributed by atoms with E-state index < -0.39 is 5.97 Å². The number of nitrogens with zero attached hydrogens (tertiary/aromatic N) is 2. The number of carbonyl (C=O) groups is 1. The zero-order valence-corrected chi connectivity index (χ0v) is 14.6. The smallest absolute Gasteiger partial charge is 0.347 e. The molecule has 6 nitrogen and oxygen atoms in total. The lowest BCUT2D eigenvalue weighted by Gasteiger charge is -2.10. The Morgan fingerprint density at radius 2 is 1.78 bits per heavy atom. The Kier molecular flexibility index (Phi) is 4.53. The first-order valence-electron chi connectivity index (χ1n) is 8.41. The average Bonchev–Trinajstić information content (AvgIpc) is 3.11. The van der Waals surface area contributed by atoms with Crippen molar-refractivity contribution in [2.24, 2.45) is 0 Å². The van der Waals surface area contributed by atoms with Gasteiger partial charge in [-0.15, -0.1) is 0 Å². The summed E-state index contributed by atoms with van der Waals surface area (Å²) in [6.07, 6.45) is 0. The molecule has 6 heteroatoms. The van der Waals surface area contributed by atoms with E-state index in [0.717, 1.165) is 10.8 Å². The van der Waals surface area contributed by atoms with E-state index in [2.05, 4.69) is 10.1 Å². The lowest BCUT2D eigenvalue weighted by Crippen LogP contribution is -2.11. The van der Waals surface area contributed by atoms with Gasteiger partial charge >= 0.3 is 5.97 Å². The van der Waals surface area contributed by atoms with Gasteiger partial charge in [0.05, 0.1) is 0 Å². The highest BCUT2D eigenvalue weighted by molar-refractivity contribution is 5.94. The van der Waals surface area contributed by atoms with E-state index in [9.17, 15) is 4.79 Å². The molecule has 0 amide bonds. The van der Waals surface area contributed by atoms with Crippen LogP contribution in [0.3, 0.4) is 0 Å². The summed E-state index contributed by atoms with van der Waals surface area (Å²) >= 11 is 0. The van der Waals surface area contributed by atoms with Crippen molar-refractivity contribution in [3.63, 3.8) is 0 Å². The fourth-order valence-electron chi connectivity index (χ4n) is 2.70. The van der Waals surface area contributed by atoms with Crippen LogP contribution in [0.4, 0.5) is 0 Å². The predicted octanol–water partition coefficient (Wildman–Crippen LogP) is 4.33. The van der Waals surface area contributed by atoms with Crippen LogP contribution in [0.15, 0.2) is 71.3 Å². The van der Waals surface area contributed by atoms with Gasteiger partial charge in [0.1, 0.15) is 17.1 Å². The van der Waals surface area contributed by atoms with Crippen LogP contribution in [0.5, 0.6) is 11.5 Å². The Labute approximate surface area is 155 Å². The van der Waals surface area contributed by atoms with Crippen molar-refractivity contribution in [1.82, 2.24) is 10.1 Å². The molecule has 27 heavy (non-hydrogen) atoms. The van der Waals surface area contributed by atoms with Gasteiger partial charge in [-0.3, -0.25) is 0 Å². The second-order valence-electron chi connectivity index (χ2n) is 5.91. The summed E-state index contributed by atoms with van der Waals surface area (Å²) in [5.41, 5.74) is 0.325. The fourth-order valence-corrected chi connectivity index (χ4v) is 2.70. The van der Waals surface area contributed by atoms with Gasteiger partial charge in [-0.05, 0) is 35.0 Å². The third-order valence-corrected chi connectivity index (χ3v) is 3.96. The third kappa shape index (κ3) is 3.79. The molecular weight excluding hydrogens is 344 g/mol. The monoisotopic (exact) mass is 360 g/mol. The van der Waals surface area contributed by atoms with Gasteiger partial charge in [0, 0.05) is 6.92 Å². The summed E-state index contributed by atoms with van der Waals surface area (Å²) in [6.45, 7) is 1.79. The van der Waals surface area contributed by atoms with Crippen molar-refractivity contribution in [1.29, 1.82) is 0 Å². The Morgan fingerprint density at radius 1 is 1.00 bits per heavy atom. The number of aromatic nitrogens is 2. The van der Waals surface area contributed by atoms with Crippen LogP contribution in [0.25, 0.3) is 10.8 Å². The molecule has 0 unspecified atom stereocenters. The van der Waals surface area contributed by atoms with Crippen LogP contribution in [-0.4, -0.2) is 16.1 Å². The molecule has 1 heterocycles. The summed E-state index contributed by atoms with van der Waals surface area (Å²) in [5.74, 6) is 1.24. The lowest BCUT2D eigenvalue weighted by atomic mass is 10.1. The van der Waals surface area contributed by atoms with Crippen molar-refractivity contribution in [3.8, 4) is 11.5 Å². The number of esters is 1. The number of rotatable bonds is 5. The topological polar surface area (TPSA) is 74.5 Å². The van der Waals surface area contributed by atoms with Crippen molar-refractivity contribution in [2.75, 3.05) is 0 Å². The molecule has 0 aliphatic rings. The van der Waals surface area contributed by atoms with Crippen molar-refractivity contribution >= 4 is 16.7 Å². The van der Waals surface area contributed by atoms with Gasteiger partial charge in [-0.25, -0.2) is 4.79 Å². The molecule has 0 atom stereocenters. The summed E-state index contributed by atoms with van der Waals surface area (Å²) in [6, 6.07) is 20.3. The van der Waals surface area contributed by atoms with Gasteiger partial charge in [0.15, 0.2) is 6.61 Å². The SMILES string of the molecule is Cc1nc(COc2ccccc2C(=O)Oc2ccc3ccccc3c2)no1. The molecule has 0 fully saturated rings. The second kappa shape index (κ2) is 7.29. The number of benzene rings is 3. The molecule has 0 saturated heterocycles. The molecule has 0 radical (unpaired) electrons. The maximum atomic E-state index is 12.6. The molecule has 0 aliphatic carbocycles. The molecule has 0 bridgehead atoms. The number of aryl methyl sites for hydroxylation is 1. The van der Waals surface area contributed by atoms with Gasteiger partial charge in [0.2, 0.25) is 11.7 Å². The maximum absolute atomic E-state index is 12.6. The Morgan fingerprint density at radius 3 is 2.59 bits per heavy atom. The van der Waals surface area contributed by atoms with Crippen molar-refractivity contribution in [2.45, 2.75) is 13.5 Å². The highest BCUT2D eigenvalue weighted by Gasteiger charge is 2.15. The number of fused-ring (bicyclic) bond motifs is 1.